The van der Waals surface area contributed by atoms with Gasteiger partial charge in [0.1, 0.15) is 11.2 Å². The third-order valence-electron chi connectivity index (χ3n) is 10.2. The molecule has 2 aromatic heterocycles. The van der Waals surface area contributed by atoms with Gasteiger partial charge in [-0.05, 0) is 81.6 Å². The molecule has 7 rings (SSSR count). The van der Waals surface area contributed by atoms with Crippen LogP contribution in [0.5, 0.6) is 0 Å². The van der Waals surface area contributed by atoms with Gasteiger partial charge in [-0.3, -0.25) is 4.98 Å². The minimum absolute atomic E-state index is 0.00136. The fourth-order valence-corrected chi connectivity index (χ4v) is 7.74. The molecular weight excluding hydrogens is 511 g/mol. The van der Waals surface area contributed by atoms with Crippen molar-refractivity contribution in [1.82, 2.24) is 4.98 Å². The Kier molecular flexibility index (Phi) is 6.18. The van der Waals surface area contributed by atoms with E-state index in [0.717, 1.165) is 82.8 Å². The monoisotopic (exact) mass is 548 g/mol. The predicted molar refractivity (Wildman–Crippen MR) is 173 cm³/mol. The van der Waals surface area contributed by atoms with Crippen LogP contribution in [0, 0.1) is 11.3 Å². The number of nitrogens with zero attached hydrogens (tertiary/aromatic N) is 2. The van der Waals surface area contributed by atoms with Crippen LogP contribution in [0.3, 0.4) is 0 Å². The highest BCUT2D eigenvalue weighted by Crippen LogP contribution is 2.53. The third-order valence-corrected chi connectivity index (χ3v) is 10.2. The summed E-state index contributed by atoms with van der Waals surface area (Å²) in [5.74, 6) is 0. The summed E-state index contributed by atoms with van der Waals surface area (Å²) in [7, 11) is 7.39. The summed E-state index contributed by atoms with van der Waals surface area (Å²) in [6.45, 7) is 9.50. The standard InChI is InChI=1S/C38H37BN2O/c1-36(2)18-19-37(3,4)33-29(36)21-25(22-30(33)38(39)16-7-5-8-17-38)32-24(23-40)14-15-27-26-11-10-12-28(34(26)42-35(27)32)31-13-6-9-20-41-31/h6,9-15,20-22H,5,7-8,16-19H2,1-4H3. The number of pyridine rings is 1. The second kappa shape index (κ2) is 9.60. The number of benzene rings is 3. The zero-order chi connectivity index (χ0) is 29.3. The van der Waals surface area contributed by atoms with Crippen molar-refractivity contribution in [2.45, 2.75) is 88.8 Å². The molecule has 208 valence electrons. The Morgan fingerprint density at radius 2 is 1.52 bits per heavy atom. The van der Waals surface area contributed by atoms with E-state index in [4.69, 9.17) is 12.3 Å². The number of nitriles is 1. The van der Waals surface area contributed by atoms with Crippen LogP contribution in [0.4, 0.5) is 0 Å². The molecular formula is C38H37BN2O. The molecule has 0 aliphatic heterocycles. The van der Waals surface area contributed by atoms with Gasteiger partial charge in [0, 0.05) is 28.1 Å². The molecule has 2 aliphatic carbocycles. The summed E-state index contributed by atoms with van der Waals surface area (Å²) < 4.78 is 6.79. The fourth-order valence-electron chi connectivity index (χ4n) is 7.74. The second-order valence-electron chi connectivity index (χ2n) is 13.9. The maximum atomic E-state index is 10.4. The van der Waals surface area contributed by atoms with Crippen molar-refractivity contribution >= 4 is 29.8 Å². The van der Waals surface area contributed by atoms with Gasteiger partial charge in [0.25, 0.3) is 0 Å². The van der Waals surface area contributed by atoms with Gasteiger partial charge in [-0.15, -0.1) is 0 Å². The maximum absolute atomic E-state index is 10.4. The quantitative estimate of drug-likeness (QED) is 0.211. The highest BCUT2D eigenvalue weighted by atomic mass is 16.3. The van der Waals surface area contributed by atoms with E-state index in [1.165, 1.54) is 23.1 Å². The Hall–Kier alpha value is -3.84. The Bertz CT molecular complexity index is 1880. The van der Waals surface area contributed by atoms with Gasteiger partial charge >= 0.3 is 0 Å². The van der Waals surface area contributed by atoms with Gasteiger partial charge in [-0.2, -0.15) is 5.26 Å². The van der Waals surface area contributed by atoms with Crippen molar-refractivity contribution in [3.05, 3.63) is 89.1 Å². The summed E-state index contributed by atoms with van der Waals surface area (Å²) in [5, 5.41) is 12.1. The Balaban J connectivity index is 1.57. The lowest BCUT2D eigenvalue weighted by molar-refractivity contribution is 0.319. The molecule has 2 aliphatic rings. The van der Waals surface area contributed by atoms with Crippen LogP contribution in [0.2, 0.25) is 0 Å². The SMILES string of the molecule is [B]C1(c2cc(-c3c(C#N)ccc4c3oc3c(-c5ccccn5)cccc34)cc3c2C(C)(C)CCC3(C)C)CCCCC1. The lowest BCUT2D eigenvalue weighted by Crippen LogP contribution is -2.39. The predicted octanol–water partition coefficient (Wildman–Crippen LogP) is 9.86. The van der Waals surface area contributed by atoms with Crippen LogP contribution in [0.25, 0.3) is 44.3 Å². The van der Waals surface area contributed by atoms with Crippen molar-refractivity contribution in [2.24, 2.45) is 0 Å². The molecule has 3 nitrogen and oxygen atoms in total. The van der Waals surface area contributed by atoms with E-state index < -0.39 is 0 Å². The van der Waals surface area contributed by atoms with Gasteiger partial charge in [-0.25, -0.2) is 0 Å². The first-order chi connectivity index (χ1) is 20.1. The number of fused-ring (bicyclic) bond motifs is 4. The molecule has 0 spiro atoms. The molecule has 4 heteroatoms. The highest BCUT2D eigenvalue weighted by Gasteiger charge is 2.43. The molecule has 0 saturated heterocycles. The van der Waals surface area contributed by atoms with E-state index in [-0.39, 0.29) is 16.1 Å². The summed E-state index contributed by atoms with van der Waals surface area (Å²) in [6.07, 6.45) is 9.58. The van der Waals surface area contributed by atoms with Crippen molar-refractivity contribution in [1.29, 1.82) is 5.26 Å². The Morgan fingerprint density at radius 3 is 2.26 bits per heavy atom. The summed E-state index contributed by atoms with van der Waals surface area (Å²) in [5.41, 5.74) is 9.99. The van der Waals surface area contributed by atoms with E-state index in [9.17, 15) is 5.26 Å². The minimum atomic E-state index is -0.371. The Morgan fingerprint density at radius 1 is 0.786 bits per heavy atom. The lowest BCUT2D eigenvalue weighted by Gasteiger charge is -2.47. The number of hydrogen-bond acceptors (Lipinski definition) is 3. The number of rotatable bonds is 3. The van der Waals surface area contributed by atoms with Gasteiger partial charge in [0.05, 0.1) is 25.2 Å². The molecule has 5 aromatic rings. The van der Waals surface area contributed by atoms with Crippen LogP contribution in [-0.4, -0.2) is 12.8 Å². The third kappa shape index (κ3) is 4.12. The minimum Gasteiger partial charge on any atom is -0.455 e. The van der Waals surface area contributed by atoms with Crippen LogP contribution < -0.4 is 0 Å². The highest BCUT2D eigenvalue weighted by molar-refractivity contribution is 6.17. The maximum Gasteiger partial charge on any atom is 0.144 e. The van der Waals surface area contributed by atoms with E-state index in [2.05, 4.69) is 69.1 Å². The van der Waals surface area contributed by atoms with Crippen LogP contribution in [0.1, 0.15) is 94.9 Å². The number of furan rings is 1. The smallest absolute Gasteiger partial charge is 0.144 e. The zero-order valence-corrected chi connectivity index (χ0v) is 25.2. The molecule has 0 atom stereocenters. The molecule has 2 radical (unpaired) electrons. The van der Waals surface area contributed by atoms with Crippen molar-refractivity contribution in [3.8, 4) is 28.5 Å². The Labute approximate surface area is 250 Å². The van der Waals surface area contributed by atoms with Crippen molar-refractivity contribution < 1.29 is 4.42 Å². The lowest BCUT2D eigenvalue weighted by atomic mass is 9.51. The molecule has 0 bridgehead atoms. The average Bonchev–Trinajstić information content (AvgIpc) is 3.38. The molecule has 0 amide bonds. The molecule has 3 aromatic carbocycles. The van der Waals surface area contributed by atoms with Crippen LogP contribution >= 0.6 is 0 Å². The molecule has 2 heterocycles. The fraction of sp³-hybridized carbons (Fsp3) is 0.368. The zero-order valence-electron chi connectivity index (χ0n) is 25.2. The van der Waals surface area contributed by atoms with Crippen molar-refractivity contribution in [2.75, 3.05) is 0 Å². The summed E-state index contributed by atoms with van der Waals surface area (Å²) in [4.78, 5) is 4.61. The second-order valence-corrected chi connectivity index (χ2v) is 13.9. The first-order valence-corrected chi connectivity index (χ1v) is 15.4. The average molecular weight is 549 g/mol. The first-order valence-electron chi connectivity index (χ1n) is 15.4. The normalized spacial score (nSPS) is 18.9. The molecule has 1 saturated carbocycles. The number of hydrogen-bond donors (Lipinski definition) is 0. The topological polar surface area (TPSA) is 49.8 Å². The van der Waals surface area contributed by atoms with E-state index in [1.807, 2.05) is 36.5 Å². The van der Waals surface area contributed by atoms with Gasteiger partial charge < -0.3 is 4.42 Å². The van der Waals surface area contributed by atoms with E-state index >= 15 is 0 Å². The largest absolute Gasteiger partial charge is 0.455 e. The number of para-hydroxylation sites is 1. The molecule has 0 unspecified atom stereocenters. The van der Waals surface area contributed by atoms with E-state index in [1.54, 1.807) is 0 Å². The van der Waals surface area contributed by atoms with Gasteiger partial charge in [0.2, 0.25) is 0 Å². The molecule has 42 heavy (non-hydrogen) atoms. The van der Waals surface area contributed by atoms with Crippen molar-refractivity contribution in [3.63, 3.8) is 0 Å². The summed E-state index contributed by atoms with van der Waals surface area (Å²) >= 11 is 0. The summed E-state index contributed by atoms with van der Waals surface area (Å²) in [6, 6.07) is 23.3. The number of aromatic nitrogens is 1. The van der Waals surface area contributed by atoms with Gasteiger partial charge in [0.15, 0.2) is 0 Å². The van der Waals surface area contributed by atoms with Crippen LogP contribution in [0.15, 0.2) is 71.3 Å². The van der Waals surface area contributed by atoms with Gasteiger partial charge in [-0.1, -0.05) is 90.1 Å². The van der Waals surface area contributed by atoms with Crippen LogP contribution in [-0.2, 0) is 16.1 Å². The van der Waals surface area contributed by atoms with E-state index in [0.29, 0.717) is 5.56 Å². The molecule has 1 fully saturated rings. The first kappa shape index (κ1) is 27.0. The molecule has 0 N–H and O–H groups in total.